The Morgan fingerprint density at radius 3 is 2.19 bits per heavy atom. The summed E-state index contributed by atoms with van der Waals surface area (Å²) in [5.41, 5.74) is 1.17. The normalized spacial score (nSPS) is 13.2. The molecule has 0 radical (unpaired) electrons. The number of ether oxygens (including phenoxy) is 2. The molecule has 3 aromatic carbocycles. The van der Waals surface area contributed by atoms with Crippen LogP contribution in [0.1, 0.15) is 16.8 Å². The second-order valence-electron chi connectivity index (χ2n) is 6.80. The van der Waals surface area contributed by atoms with Crippen LogP contribution in [0.25, 0.3) is 0 Å². The van der Waals surface area contributed by atoms with Gasteiger partial charge in [-0.3, -0.25) is 9.52 Å². The first-order valence-electron chi connectivity index (χ1n) is 9.50. The summed E-state index contributed by atoms with van der Waals surface area (Å²) in [7, 11) is -3.87. The topological polar surface area (TPSA) is 93.7 Å². The Morgan fingerprint density at radius 2 is 1.48 bits per heavy atom. The van der Waals surface area contributed by atoms with Gasteiger partial charge in [0.25, 0.3) is 15.9 Å². The largest absolute Gasteiger partial charge is 0.490 e. The van der Waals surface area contributed by atoms with Gasteiger partial charge in [-0.25, -0.2) is 12.8 Å². The third kappa shape index (κ3) is 4.95. The zero-order valence-corrected chi connectivity index (χ0v) is 17.1. The second kappa shape index (κ2) is 8.65. The van der Waals surface area contributed by atoms with Crippen molar-refractivity contribution in [1.82, 2.24) is 0 Å². The van der Waals surface area contributed by atoms with Crippen molar-refractivity contribution in [2.75, 3.05) is 23.3 Å². The van der Waals surface area contributed by atoms with Crippen LogP contribution >= 0.6 is 0 Å². The molecule has 0 atom stereocenters. The number of fused-ring (bicyclic) bond motifs is 1. The minimum absolute atomic E-state index is 0.0647. The highest BCUT2D eigenvalue weighted by molar-refractivity contribution is 7.92. The van der Waals surface area contributed by atoms with E-state index in [0.29, 0.717) is 36.0 Å². The molecule has 0 spiro atoms. The molecule has 0 saturated heterocycles. The van der Waals surface area contributed by atoms with Crippen LogP contribution in [0, 0.1) is 5.82 Å². The van der Waals surface area contributed by atoms with E-state index in [1.165, 1.54) is 36.4 Å². The maximum absolute atomic E-state index is 13.0. The summed E-state index contributed by atoms with van der Waals surface area (Å²) < 4.78 is 51.4. The van der Waals surface area contributed by atoms with Gasteiger partial charge in [-0.15, -0.1) is 0 Å². The van der Waals surface area contributed by atoms with Crippen LogP contribution in [0.2, 0.25) is 0 Å². The molecule has 7 nitrogen and oxygen atoms in total. The maximum Gasteiger partial charge on any atom is 0.261 e. The Hall–Kier alpha value is -3.59. The lowest BCUT2D eigenvalue weighted by Crippen LogP contribution is -2.14. The van der Waals surface area contributed by atoms with Crippen molar-refractivity contribution in [3.63, 3.8) is 0 Å². The fourth-order valence-electron chi connectivity index (χ4n) is 2.96. The molecule has 1 aliphatic rings. The highest BCUT2D eigenvalue weighted by atomic mass is 32.2. The summed E-state index contributed by atoms with van der Waals surface area (Å²) in [6.45, 7) is 1.12. The van der Waals surface area contributed by atoms with Crippen LogP contribution in [0.4, 0.5) is 15.8 Å². The minimum atomic E-state index is -3.87. The summed E-state index contributed by atoms with van der Waals surface area (Å²) in [6.07, 6.45) is 0.785. The monoisotopic (exact) mass is 442 g/mol. The van der Waals surface area contributed by atoms with E-state index >= 15 is 0 Å². The first-order chi connectivity index (χ1) is 14.9. The van der Waals surface area contributed by atoms with Crippen LogP contribution in [-0.2, 0) is 10.0 Å². The predicted molar refractivity (Wildman–Crippen MR) is 114 cm³/mol. The van der Waals surface area contributed by atoms with Gasteiger partial charge in [0.05, 0.1) is 18.1 Å². The SMILES string of the molecule is O=C(Nc1ccc2c(c1)OCCCO2)c1ccc(NS(=O)(=O)c2ccc(F)cc2)cc1. The molecule has 9 heteroatoms. The van der Waals surface area contributed by atoms with Crippen molar-refractivity contribution in [3.8, 4) is 11.5 Å². The zero-order chi connectivity index (χ0) is 21.8. The number of nitrogens with one attached hydrogen (secondary N) is 2. The highest BCUT2D eigenvalue weighted by Gasteiger charge is 2.15. The van der Waals surface area contributed by atoms with E-state index in [9.17, 15) is 17.6 Å². The van der Waals surface area contributed by atoms with E-state index in [-0.39, 0.29) is 16.5 Å². The van der Waals surface area contributed by atoms with E-state index < -0.39 is 15.8 Å². The van der Waals surface area contributed by atoms with Crippen molar-refractivity contribution in [1.29, 1.82) is 0 Å². The molecule has 3 aromatic rings. The molecule has 160 valence electrons. The number of hydrogen-bond donors (Lipinski definition) is 2. The summed E-state index contributed by atoms with van der Waals surface area (Å²) >= 11 is 0. The molecule has 0 aromatic heterocycles. The Balaban J connectivity index is 1.43. The lowest BCUT2D eigenvalue weighted by atomic mass is 10.2. The van der Waals surface area contributed by atoms with Gasteiger partial charge in [-0.05, 0) is 60.7 Å². The molecule has 1 heterocycles. The molecule has 0 fully saturated rings. The van der Waals surface area contributed by atoms with Crippen molar-refractivity contribution >= 4 is 27.3 Å². The van der Waals surface area contributed by atoms with E-state index in [0.717, 1.165) is 18.6 Å². The van der Waals surface area contributed by atoms with Crippen LogP contribution in [0.5, 0.6) is 11.5 Å². The van der Waals surface area contributed by atoms with Crippen LogP contribution in [-0.4, -0.2) is 27.5 Å². The van der Waals surface area contributed by atoms with Crippen molar-refractivity contribution in [3.05, 3.63) is 78.1 Å². The van der Waals surface area contributed by atoms with Gasteiger partial charge in [0.15, 0.2) is 11.5 Å². The molecule has 0 bridgehead atoms. The number of carbonyl (C=O) groups is 1. The standard InChI is InChI=1S/C22H19FN2O5S/c23-16-4-9-19(10-5-16)31(27,28)25-17-6-2-15(3-7-17)22(26)24-18-8-11-20-21(14-18)30-13-1-12-29-20/h2-11,14,25H,1,12-13H2,(H,24,26). The number of rotatable bonds is 5. The summed E-state index contributed by atoms with van der Waals surface area (Å²) in [5, 5.41) is 2.78. The van der Waals surface area contributed by atoms with Crippen LogP contribution in [0.15, 0.2) is 71.6 Å². The van der Waals surface area contributed by atoms with Gasteiger partial charge in [0, 0.05) is 29.4 Å². The Morgan fingerprint density at radius 1 is 0.839 bits per heavy atom. The molecule has 0 saturated carbocycles. The first kappa shape index (κ1) is 20.7. The van der Waals surface area contributed by atoms with Gasteiger partial charge in [0.2, 0.25) is 0 Å². The zero-order valence-electron chi connectivity index (χ0n) is 16.3. The maximum atomic E-state index is 13.0. The smallest absolute Gasteiger partial charge is 0.261 e. The molecule has 0 unspecified atom stereocenters. The second-order valence-corrected chi connectivity index (χ2v) is 8.49. The highest BCUT2D eigenvalue weighted by Crippen LogP contribution is 2.32. The van der Waals surface area contributed by atoms with Crippen molar-refractivity contribution in [2.45, 2.75) is 11.3 Å². The predicted octanol–water partition coefficient (Wildman–Crippen LogP) is 4.04. The lowest BCUT2D eigenvalue weighted by Gasteiger charge is -2.11. The number of amides is 1. The summed E-state index contributed by atoms with van der Waals surface area (Å²) in [4.78, 5) is 12.5. The number of anilines is 2. The van der Waals surface area contributed by atoms with Gasteiger partial charge in [-0.2, -0.15) is 0 Å². The molecule has 1 aliphatic heterocycles. The van der Waals surface area contributed by atoms with Gasteiger partial charge in [-0.1, -0.05) is 0 Å². The van der Waals surface area contributed by atoms with Crippen molar-refractivity contribution < 1.29 is 27.1 Å². The number of hydrogen-bond acceptors (Lipinski definition) is 5. The number of carbonyl (C=O) groups excluding carboxylic acids is 1. The van der Waals surface area contributed by atoms with Gasteiger partial charge >= 0.3 is 0 Å². The number of benzene rings is 3. The average molecular weight is 442 g/mol. The Labute approximate surface area is 178 Å². The summed E-state index contributed by atoms with van der Waals surface area (Å²) in [5.74, 6) is 0.319. The van der Waals surface area contributed by atoms with E-state index in [2.05, 4.69) is 10.0 Å². The number of halogens is 1. The minimum Gasteiger partial charge on any atom is -0.490 e. The Kier molecular flexibility index (Phi) is 5.77. The molecular formula is C22H19FN2O5S. The molecule has 31 heavy (non-hydrogen) atoms. The lowest BCUT2D eigenvalue weighted by molar-refractivity contribution is 0.102. The quantitative estimate of drug-likeness (QED) is 0.622. The number of sulfonamides is 1. The third-order valence-corrected chi connectivity index (χ3v) is 5.93. The molecule has 4 rings (SSSR count). The molecule has 0 aliphatic carbocycles. The fourth-order valence-corrected chi connectivity index (χ4v) is 4.02. The van der Waals surface area contributed by atoms with E-state index in [1.54, 1.807) is 18.2 Å². The Bertz CT molecular complexity index is 1200. The molecule has 1 amide bonds. The third-order valence-electron chi connectivity index (χ3n) is 4.53. The van der Waals surface area contributed by atoms with E-state index in [1.807, 2.05) is 0 Å². The van der Waals surface area contributed by atoms with Crippen LogP contribution in [0.3, 0.4) is 0 Å². The van der Waals surface area contributed by atoms with E-state index in [4.69, 9.17) is 9.47 Å². The molecular weight excluding hydrogens is 423 g/mol. The van der Waals surface area contributed by atoms with Crippen molar-refractivity contribution in [2.24, 2.45) is 0 Å². The van der Waals surface area contributed by atoms with Gasteiger partial charge in [0.1, 0.15) is 5.82 Å². The van der Waals surface area contributed by atoms with Crippen LogP contribution < -0.4 is 19.5 Å². The average Bonchev–Trinajstić information content (AvgIpc) is 2.99. The van der Waals surface area contributed by atoms with Gasteiger partial charge < -0.3 is 14.8 Å². The summed E-state index contributed by atoms with van der Waals surface area (Å²) in [6, 6.07) is 15.6. The first-order valence-corrected chi connectivity index (χ1v) is 11.0. The fraction of sp³-hybridized carbons (Fsp3) is 0.136. The molecule has 2 N–H and O–H groups in total.